The quantitative estimate of drug-likeness (QED) is 0.0985. The number of nitrogens with one attached hydrogen (secondary N) is 2. The molecule has 0 unspecified atom stereocenters. The highest BCUT2D eigenvalue weighted by molar-refractivity contribution is 8.27. The number of benzene rings is 8. The first-order valence-electron chi connectivity index (χ1n) is 21.5. The van der Waals surface area contributed by atoms with Crippen LogP contribution in [0.15, 0.2) is 182 Å². The molecule has 65 heavy (non-hydrogen) atoms. The lowest BCUT2D eigenvalue weighted by Gasteiger charge is -2.22. The van der Waals surface area contributed by atoms with Gasteiger partial charge >= 0.3 is 0 Å². The van der Waals surface area contributed by atoms with Gasteiger partial charge in [-0.2, -0.15) is 0 Å². The molecule has 6 nitrogen and oxygen atoms in total. The molecule has 0 atom stereocenters. The van der Waals surface area contributed by atoms with Gasteiger partial charge in [0.15, 0.2) is 5.01 Å². The van der Waals surface area contributed by atoms with E-state index in [4.69, 9.17) is 15.4 Å². The first kappa shape index (κ1) is 39.0. The van der Waals surface area contributed by atoms with E-state index in [9.17, 15) is 5.41 Å². The number of rotatable bonds is 6. The van der Waals surface area contributed by atoms with E-state index in [0.717, 1.165) is 83.0 Å². The summed E-state index contributed by atoms with van der Waals surface area (Å²) in [5.41, 5.74) is 11.3. The third-order valence-electron chi connectivity index (χ3n) is 12.9. The molecule has 3 heterocycles. The molecule has 0 saturated carbocycles. The van der Waals surface area contributed by atoms with E-state index < -0.39 is 0 Å². The van der Waals surface area contributed by atoms with Crippen molar-refractivity contribution in [1.29, 1.82) is 10.8 Å². The van der Waals surface area contributed by atoms with Gasteiger partial charge in [0.05, 0.1) is 17.1 Å². The molecule has 308 valence electrons. The summed E-state index contributed by atoms with van der Waals surface area (Å²) in [5.74, 6) is 0. The molecule has 0 saturated heterocycles. The average molecular weight is 871 g/mol. The predicted molar refractivity (Wildman–Crippen MR) is 273 cm³/mol. The zero-order chi connectivity index (χ0) is 43.8. The van der Waals surface area contributed by atoms with Crippen molar-refractivity contribution < 1.29 is 0 Å². The van der Waals surface area contributed by atoms with Crippen LogP contribution in [0.25, 0.3) is 98.0 Å². The molecule has 0 fully saturated rings. The Bertz CT molecular complexity index is 3790. The van der Waals surface area contributed by atoms with Crippen LogP contribution in [0.1, 0.15) is 36.2 Å². The van der Waals surface area contributed by atoms with Gasteiger partial charge in [-0.25, -0.2) is 9.97 Å². The van der Waals surface area contributed by atoms with Gasteiger partial charge in [-0.3, -0.25) is 10.8 Å². The molecule has 2 N–H and O–H groups in total. The van der Waals surface area contributed by atoms with Gasteiger partial charge in [-0.05, 0) is 126 Å². The van der Waals surface area contributed by atoms with Crippen molar-refractivity contribution in [3.63, 3.8) is 0 Å². The minimum Gasteiger partial charge on any atom is -0.293 e. The van der Waals surface area contributed by atoms with Gasteiger partial charge in [-0.1, -0.05) is 159 Å². The lowest BCUT2D eigenvalue weighted by atomic mass is 9.81. The van der Waals surface area contributed by atoms with Crippen molar-refractivity contribution in [2.24, 2.45) is 0 Å². The smallest absolute Gasteiger partial charge is 0.166 e. The number of nitrogens with zero attached hydrogens (tertiary/aromatic N) is 4. The van der Waals surface area contributed by atoms with Gasteiger partial charge in [0.25, 0.3) is 0 Å². The topological polar surface area (TPSA) is 99.3 Å². The lowest BCUT2D eigenvalue weighted by molar-refractivity contribution is 0.660. The molecule has 0 radical (unpaired) electrons. The fourth-order valence-corrected chi connectivity index (χ4v) is 11.1. The highest BCUT2D eigenvalue weighted by atomic mass is 32.2. The fourth-order valence-electron chi connectivity index (χ4n) is 9.62. The molecule has 1 aliphatic rings. The van der Waals surface area contributed by atoms with Gasteiger partial charge in [0.1, 0.15) is 20.8 Å². The van der Waals surface area contributed by atoms with Crippen molar-refractivity contribution in [2.45, 2.75) is 19.3 Å². The molecule has 0 aliphatic heterocycles. The zero-order valence-corrected chi connectivity index (χ0v) is 37.1. The fraction of sp³-hybridized carbons (Fsp3) is 0.0526. The minimum atomic E-state index is -0.334. The Labute approximate surface area is 383 Å². The summed E-state index contributed by atoms with van der Waals surface area (Å²) in [5, 5.41) is 39.2. The standard InChI is InChI=1S/C57H38N6S2/c1-57(2)47-31-35(53(58)64-54(59)51-23-11-21-49(60-51)45-29-33-13-3-5-15-37(33)39-17-7-9-19-41(39)45)25-27-43(47)44-28-26-36(32-48(44)57)55-62-63-56(65-55)52-24-12-22-50(61-52)46-30-34-14-4-6-16-38(34)40-18-8-10-20-42(40)46/h3-32,58-59H,1-2H3. The van der Waals surface area contributed by atoms with Crippen LogP contribution in [0.5, 0.6) is 0 Å². The molecule has 11 aromatic rings. The van der Waals surface area contributed by atoms with Crippen LogP contribution in [-0.2, 0) is 5.41 Å². The van der Waals surface area contributed by atoms with Gasteiger partial charge < -0.3 is 0 Å². The normalized spacial score (nSPS) is 12.8. The summed E-state index contributed by atoms with van der Waals surface area (Å²) in [4.78, 5) is 10.1. The molecule has 1 aliphatic carbocycles. The van der Waals surface area contributed by atoms with E-state index in [1.54, 1.807) is 11.3 Å². The maximum Gasteiger partial charge on any atom is 0.166 e. The third-order valence-corrected chi connectivity index (χ3v) is 14.7. The Morgan fingerprint density at radius 2 is 0.969 bits per heavy atom. The second-order valence-electron chi connectivity index (χ2n) is 17.0. The molecule has 3 aromatic heterocycles. The largest absolute Gasteiger partial charge is 0.293 e. The van der Waals surface area contributed by atoms with E-state index >= 15 is 0 Å². The summed E-state index contributed by atoms with van der Waals surface area (Å²) >= 11 is 2.68. The first-order valence-corrected chi connectivity index (χ1v) is 23.2. The SMILES string of the molecule is CC1(C)c2cc(C(=N)SC(=N)c3cccc(-c4cc5ccccc5c5ccccc45)n3)ccc2-c2ccc(-c3nnc(-c4cccc(-c5cc6ccccc6c6ccccc56)n4)s3)cc21. The molecule has 0 amide bonds. The van der Waals surface area contributed by atoms with Gasteiger partial charge in [0.2, 0.25) is 0 Å². The van der Waals surface area contributed by atoms with Crippen LogP contribution in [0.4, 0.5) is 0 Å². The minimum absolute atomic E-state index is 0.232. The van der Waals surface area contributed by atoms with Crippen LogP contribution in [-0.4, -0.2) is 30.3 Å². The van der Waals surface area contributed by atoms with Crippen molar-refractivity contribution in [3.05, 3.63) is 204 Å². The highest BCUT2D eigenvalue weighted by Crippen LogP contribution is 2.50. The molecule has 8 aromatic carbocycles. The monoisotopic (exact) mass is 870 g/mol. The van der Waals surface area contributed by atoms with E-state index in [2.05, 4.69) is 176 Å². The third kappa shape index (κ3) is 6.56. The number of pyridine rings is 2. The van der Waals surface area contributed by atoms with Crippen LogP contribution >= 0.6 is 23.1 Å². The van der Waals surface area contributed by atoms with E-state index in [1.165, 1.54) is 43.4 Å². The number of hydrogen-bond acceptors (Lipinski definition) is 8. The van der Waals surface area contributed by atoms with Crippen molar-refractivity contribution >= 4 is 76.3 Å². The molecule has 0 bridgehead atoms. The van der Waals surface area contributed by atoms with Gasteiger partial charge in [0, 0.05) is 27.7 Å². The molecular formula is C57H38N6S2. The predicted octanol–water partition coefficient (Wildman–Crippen LogP) is 15.0. The second kappa shape index (κ2) is 15.3. The Morgan fingerprint density at radius 3 is 1.63 bits per heavy atom. The van der Waals surface area contributed by atoms with Crippen molar-refractivity contribution in [3.8, 4) is 54.9 Å². The first-order chi connectivity index (χ1) is 31.8. The summed E-state index contributed by atoms with van der Waals surface area (Å²) < 4.78 is 0. The summed E-state index contributed by atoms with van der Waals surface area (Å²) in [6, 6.07) is 63.1. The molecule has 0 spiro atoms. The lowest BCUT2D eigenvalue weighted by Crippen LogP contribution is -2.16. The van der Waals surface area contributed by atoms with Crippen LogP contribution in [0.3, 0.4) is 0 Å². The summed E-state index contributed by atoms with van der Waals surface area (Å²) in [6.07, 6.45) is 0. The Morgan fingerprint density at radius 1 is 0.446 bits per heavy atom. The van der Waals surface area contributed by atoms with E-state index in [1.807, 2.05) is 30.3 Å². The molecule has 8 heteroatoms. The molecular weight excluding hydrogens is 833 g/mol. The maximum atomic E-state index is 9.20. The number of hydrogen-bond donors (Lipinski definition) is 2. The van der Waals surface area contributed by atoms with E-state index in [-0.39, 0.29) is 10.5 Å². The number of aromatic nitrogens is 4. The van der Waals surface area contributed by atoms with Gasteiger partial charge in [-0.15, -0.1) is 10.2 Å². The average Bonchev–Trinajstić information content (AvgIpc) is 3.94. The summed E-state index contributed by atoms with van der Waals surface area (Å²) in [7, 11) is 0. The van der Waals surface area contributed by atoms with Crippen molar-refractivity contribution in [1.82, 2.24) is 20.2 Å². The Hall–Kier alpha value is -7.65. The number of fused-ring (bicyclic) bond motifs is 9. The maximum absolute atomic E-state index is 9.20. The van der Waals surface area contributed by atoms with E-state index in [0.29, 0.717) is 10.7 Å². The van der Waals surface area contributed by atoms with Crippen molar-refractivity contribution in [2.75, 3.05) is 0 Å². The van der Waals surface area contributed by atoms with Crippen LogP contribution in [0.2, 0.25) is 0 Å². The number of thioether (sulfide) groups is 1. The van der Waals surface area contributed by atoms with Crippen LogP contribution in [0, 0.1) is 10.8 Å². The highest BCUT2D eigenvalue weighted by Gasteiger charge is 2.36. The molecule has 12 rings (SSSR count). The Balaban J connectivity index is 0.798. The van der Waals surface area contributed by atoms with Crippen LogP contribution < -0.4 is 0 Å². The Kier molecular flexibility index (Phi) is 9.15. The zero-order valence-electron chi connectivity index (χ0n) is 35.4. The summed E-state index contributed by atoms with van der Waals surface area (Å²) in [6.45, 7) is 4.49. The second-order valence-corrected chi connectivity index (χ2v) is 19.0.